The third-order valence-electron chi connectivity index (χ3n) is 3.43. The van der Waals surface area contributed by atoms with Crippen LogP contribution in [0.4, 0.5) is 5.69 Å². The van der Waals surface area contributed by atoms with Gasteiger partial charge < -0.3 is 5.32 Å². The summed E-state index contributed by atoms with van der Waals surface area (Å²) in [5.41, 5.74) is 9.24. The van der Waals surface area contributed by atoms with Crippen LogP contribution >= 0.6 is 11.8 Å². The van der Waals surface area contributed by atoms with E-state index in [1.165, 1.54) is 22.9 Å². The van der Waals surface area contributed by atoms with Gasteiger partial charge in [-0.15, -0.1) is 11.8 Å². The zero-order chi connectivity index (χ0) is 18.1. The van der Waals surface area contributed by atoms with E-state index < -0.39 is 0 Å². The van der Waals surface area contributed by atoms with Gasteiger partial charge in [0.2, 0.25) is 5.91 Å². The Bertz CT molecular complexity index is 717. The van der Waals surface area contributed by atoms with Gasteiger partial charge in [-0.05, 0) is 31.5 Å². The monoisotopic (exact) mass is 357 g/mol. The minimum absolute atomic E-state index is 0.0970. The number of nitrogens with one attached hydrogen (secondary N) is 3. The first kappa shape index (κ1) is 18.9. The molecular formula is C19H23N3O2S. The summed E-state index contributed by atoms with van der Waals surface area (Å²) in [6.45, 7) is 4.14. The van der Waals surface area contributed by atoms with Crippen LogP contribution in [0.2, 0.25) is 0 Å². The fourth-order valence-corrected chi connectivity index (χ4v) is 2.91. The molecule has 0 aliphatic rings. The van der Waals surface area contributed by atoms with E-state index in [4.69, 9.17) is 0 Å². The number of carbonyl (C=O) groups is 2. The number of hydrazine groups is 1. The number of thioether (sulfide) groups is 1. The van der Waals surface area contributed by atoms with Crippen molar-refractivity contribution in [1.82, 2.24) is 10.9 Å². The van der Waals surface area contributed by atoms with Crippen molar-refractivity contribution < 1.29 is 9.59 Å². The summed E-state index contributed by atoms with van der Waals surface area (Å²) in [7, 11) is 0. The number of hydrogen-bond donors (Lipinski definition) is 3. The zero-order valence-electron chi connectivity index (χ0n) is 14.5. The highest BCUT2D eigenvalue weighted by atomic mass is 32.2. The minimum atomic E-state index is -0.294. The van der Waals surface area contributed by atoms with Crippen LogP contribution in [0.5, 0.6) is 0 Å². The number of anilines is 1. The third-order valence-corrected chi connectivity index (χ3v) is 4.43. The summed E-state index contributed by atoms with van der Waals surface area (Å²) >= 11 is 1.51. The maximum atomic E-state index is 11.7. The molecule has 0 unspecified atom stereocenters. The van der Waals surface area contributed by atoms with Crippen molar-refractivity contribution in [3.05, 3.63) is 65.2 Å². The van der Waals surface area contributed by atoms with E-state index in [9.17, 15) is 9.59 Å². The van der Waals surface area contributed by atoms with Gasteiger partial charge >= 0.3 is 0 Å². The largest absolute Gasteiger partial charge is 0.376 e. The van der Waals surface area contributed by atoms with Crippen molar-refractivity contribution in [3.63, 3.8) is 0 Å². The second kappa shape index (κ2) is 9.74. The third kappa shape index (κ3) is 7.30. The van der Waals surface area contributed by atoms with E-state index >= 15 is 0 Å². The van der Waals surface area contributed by atoms with Gasteiger partial charge in [0.15, 0.2) is 0 Å². The topological polar surface area (TPSA) is 70.2 Å². The molecule has 0 radical (unpaired) electrons. The Kier molecular flexibility index (Phi) is 7.35. The van der Waals surface area contributed by atoms with Crippen molar-refractivity contribution >= 4 is 29.3 Å². The first-order valence-electron chi connectivity index (χ1n) is 8.04. The number of carbonyl (C=O) groups excluding carboxylic acids is 2. The van der Waals surface area contributed by atoms with Gasteiger partial charge in [0, 0.05) is 11.4 Å². The summed E-state index contributed by atoms with van der Waals surface area (Å²) < 4.78 is 0. The molecule has 25 heavy (non-hydrogen) atoms. The highest BCUT2D eigenvalue weighted by Gasteiger charge is 2.05. The first-order chi connectivity index (χ1) is 12.0. The van der Waals surface area contributed by atoms with Gasteiger partial charge in [0.1, 0.15) is 0 Å². The summed E-state index contributed by atoms with van der Waals surface area (Å²) in [4.78, 5) is 23.5. The molecule has 0 aromatic heterocycles. The number of benzene rings is 2. The Hall–Kier alpha value is -2.47. The average Bonchev–Trinajstić information content (AvgIpc) is 2.59. The van der Waals surface area contributed by atoms with Crippen LogP contribution in [0, 0.1) is 13.8 Å². The van der Waals surface area contributed by atoms with Gasteiger partial charge in [-0.1, -0.05) is 47.5 Å². The molecule has 0 saturated carbocycles. The van der Waals surface area contributed by atoms with E-state index in [-0.39, 0.29) is 18.4 Å². The SMILES string of the molecule is Cc1ccc(NCC(=O)NNC(=O)CSCc2cccc(C)c2)cc1. The molecule has 0 saturated heterocycles. The smallest absolute Gasteiger partial charge is 0.257 e. The van der Waals surface area contributed by atoms with Crippen molar-refractivity contribution in [2.75, 3.05) is 17.6 Å². The number of hydrogen-bond acceptors (Lipinski definition) is 4. The first-order valence-corrected chi connectivity index (χ1v) is 9.20. The fourth-order valence-electron chi connectivity index (χ4n) is 2.14. The standard InChI is InChI=1S/C19H23N3O2S/c1-14-6-8-17(9-7-14)20-11-18(23)21-22-19(24)13-25-12-16-5-3-4-15(2)10-16/h3-10,20H,11-13H2,1-2H3,(H,21,23)(H,22,24). The van der Waals surface area contributed by atoms with Crippen LogP contribution in [-0.2, 0) is 15.3 Å². The van der Waals surface area contributed by atoms with Crippen LogP contribution in [-0.4, -0.2) is 24.1 Å². The molecule has 0 aliphatic heterocycles. The Morgan fingerprint density at radius 1 is 0.920 bits per heavy atom. The number of aryl methyl sites for hydroxylation is 2. The van der Waals surface area contributed by atoms with Gasteiger partial charge in [0.05, 0.1) is 12.3 Å². The molecule has 0 bridgehead atoms. The van der Waals surface area contributed by atoms with Crippen molar-refractivity contribution in [2.45, 2.75) is 19.6 Å². The number of rotatable bonds is 7. The lowest BCUT2D eigenvalue weighted by molar-refractivity contribution is -0.126. The summed E-state index contributed by atoms with van der Waals surface area (Å²) in [5, 5.41) is 3.00. The molecule has 2 rings (SSSR count). The van der Waals surface area contributed by atoms with E-state index in [0.717, 1.165) is 17.0 Å². The van der Waals surface area contributed by atoms with Crippen LogP contribution in [0.1, 0.15) is 16.7 Å². The minimum Gasteiger partial charge on any atom is -0.376 e. The molecule has 0 atom stereocenters. The molecule has 0 fully saturated rings. The summed E-state index contributed by atoms with van der Waals surface area (Å²) in [6.07, 6.45) is 0. The molecule has 132 valence electrons. The lowest BCUT2D eigenvalue weighted by atomic mass is 10.2. The number of amides is 2. The Morgan fingerprint density at radius 3 is 2.36 bits per heavy atom. The molecule has 2 aromatic carbocycles. The molecule has 2 aromatic rings. The van der Waals surface area contributed by atoms with Crippen LogP contribution < -0.4 is 16.2 Å². The van der Waals surface area contributed by atoms with Gasteiger partial charge in [-0.2, -0.15) is 0 Å². The van der Waals surface area contributed by atoms with Crippen molar-refractivity contribution in [3.8, 4) is 0 Å². The van der Waals surface area contributed by atoms with Gasteiger partial charge in [0.25, 0.3) is 5.91 Å². The van der Waals surface area contributed by atoms with Gasteiger partial charge in [-0.25, -0.2) is 0 Å². The Labute approximate surface area is 152 Å². The maximum absolute atomic E-state index is 11.7. The van der Waals surface area contributed by atoms with E-state index in [2.05, 4.69) is 22.2 Å². The van der Waals surface area contributed by atoms with E-state index in [0.29, 0.717) is 5.75 Å². The predicted molar refractivity (Wildman–Crippen MR) is 103 cm³/mol. The van der Waals surface area contributed by atoms with Crippen LogP contribution in [0.3, 0.4) is 0 Å². The second-order valence-electron chi connectivity index (χ2n) is 5.80. The molecule has 6 heteroatoms. The van der Waals surface area contributed by atoms with Crippen molar-refractivity contribution in [1.29, 1.82) is 0 Å². The highest BCUT2D eigenvalue weighted by Crippen LogP contribution is 2.13. The summed E-state index contributed by atoms with van der Waals surface area (Å²) in [6, 6.07) is 15.9. The van der Waals surface area contributed by atoms with Crippen molar-refractivity contribution in [2.24, 2.45) is 0 Å². The van der Waals surface area contributed by atoms with Crippen LogP contribution in [0.25, 0.3) is 0 Å². The molecule has 5 nitrogen and oxygen atoms in total. The highest BCUT2D eigenvalue weighted by molar-refractivity contribution is 7.99. The molecular weight excluding hydrogens is 334 g/mol. The lowest BCUT2D eigenvalue weighted by Gasteiger charge is -2.09. The van der Waals surface area contributed by atoms with Crippen LogP contribution in [0.15, 0.2) is 48.5 Å². The van der Waals surface area contributed by atoms with E-state index in [1.54, 1.807) is 0 Å². The predicted octanol–water partition coefficient (Wildman–Crippen LogP) is 2.80. The fraction of sp³-hybridized carbons (Fsp3) is 0.263. The normalized spacial score (nSPS) is 10.2. The Morgan fingerprint density at radius 2 is 1.64 bits per heavy atom. The lowest BCUT2D eigenvalue weighted by Crippen LogP contribution is -2.44. The molecule has 0 spiro atoms. The second-order valence-corrected chi connectivity index (χ2v) is 6.78. The average molecular weight is 357 g/mol. The van der Waals surface area contributed by atoms with Gasteiger partial charge in [-0.3, -0.25) is 20.4 Å². The zero-order valence-corrected chi connectivity index (χ0v) is 15.3. The quantitative estimate of drug-likeness (QED) is 0.667. The molecule has 2 amide bonds. The summed E-state index contributed by atoms with van der Waals surface area (Å²) in [5.74, 6) is 0.538. The Balaban J connectivity index is 1.60. The van der Waals surface area contributed by atoms with E-state index in [1.807, 2.05) is 56.3 Å². The molecule has 3 N–H and O–H groups in total. The molecule has 0 heterocycles. The maximum Gasteiger partial charge on any atom is 0.257 e. The molecule has 0 aliphatic carbocycles.